The van der Waals surface area contributed by atoms with Gasteiger partial charge in [0.05, 0.1) is 23.6 Å². The minimum Gasteiger partial charge on any atom is -0.319 e. The lowest BCUT2D eigenvalue weighted by Crippen LogP contribution is -2.14. The van der Waals surface area contributed by atoms with Crippen molar-refractivity contribution in [2.75, 3.05) is 0 Å². The third-order valence-electron chi connectivity index (χ3n) is 2.72. The molecule has 17 heavy (non-hydrogen) atoms. The molecule has 1 heterocycles. The van der Waals surface area contributed by atoms with Gasteiger partial charge >= 0.3 is 0 Å². The monoisotopic (exact) mass is 227 g/mol. The zero-order valence-corrected chi connectivity index (χ0v) is 10.4. The van der Waals surface area contributed by atoms with E-state index >= 15 is 0 Å². The molecule has 0 spiro atoms. The fourth-order valence-electron chi connectivity index (χ4n) is 1.92. The summed E-state index contributed by atoms with van der Waals surface area (Å²) in [5.74, 6) is 0. The molecule has 0 saturated heterocycles. The van der Waals surface area contributed by atoms with E-state index in [9.17, 15) is 0 Å². The van der Waals surface area contributed by atoms with Crippen molar-refractivity contribution in [2.24, 2.45) is 5.73 Å². The molecule has 0 aliphatic carbocycles. The number of nitrogens with two attached hydrogens (primary N) is 1. The van der Waals surface area contributed by atoms with E-state index in [-0.39, 0.29) is 6.04 Å². The molecular weight excluding hydrogens is 210 g/mol. The van der Waals surface area contributed by atoms with Gasteiger partial charge in [-0.2, -0.15) is 0 Å². The van der Waals surface area contributed by atoms with Crippen LogP contribution in [0.2, 0.25) is 0 Å². The van der Waals surface area contributed by atoms with Gasteiger partial charge in [-0.25, -0.2) is 0 Å². The third-order valence-corrected chi connectivity index (χ3v) is 2.72. The van der Waals surface area contributed by atoms with Crippen LogP contribution in [0.15, 0.2) is 30.6 Å². The Hall–Kier alpha value is -1.74. The van der Waals surface area contributed by atoms with Gasteiger partial charge in [-0.1, -0.05) is 29.3 Å². The minimum absolute atomic E-state index is 0.207. The highest BCUT2D eigenvalue weighted by molar-refractivity contribution is 5.34. The van der Waals surface area contributed by atoms with Crippen molar-refractivity contribution in [3.8, 4) is 0 Å². The maximum absolute atomic E-state index is 6.20. The molecule has 3 heteroatoms. The molecule has 0 amide bonds. The number of aromatic nitrogens is 2. The van der Waals surface area contributed by atoms with Crippen molar-refractivity contribution >= 4 is 0 Å². The van der Waals surface area contributed by atoms with Crippen molar-refractivity contribution in [3.63, 3.8) is 0 Å². The van der Waals surface area contributed by atoms with Crippen molar-refractivity contribution in [2.45, 2.75) is 26.8 Å². The molecule has 0 bridgehead atoms. The van der Waals surface area contributed by atoms with Gasteiger partial charge in [0.1, 0.15) is 0 Å². The van der Waals surface area contributed by atoms with Crippen LogP contribution in [0.4, 0.5) is 0 Å². The van der Waals surface area contributed by atoms with Crippen LogP contribution < -0.4 is 5.73 Å². The van der Waals surface area contributed by atoms with E-state index in [1.54, 1.807) is 12.4 Å². The summed E-state index contributed by atoms with van der Waals surface area (Å²) in [4.78, 5) is 8.55. The summed E-state index contributed by atoms with van der Waals surface area (Å²) in [5, 5.41) is 0. The smallest absolute Gasteiger partial charge is 0.0799 e. The molecule has 0 saturated carbocycles. The van der Waals surface area contributed by atoms with Gasteiger partial charge < -0.3 is 5.73 Å². The molecule has 1 unspecified atom stereocenters. The Morgan fingerprint density at radius 1 is 0.941 bits per heavy atom. The number of hydrogen-bond donors (Lipinski definition) is 1. The first-order chi connectivity index (χ1) is 8.06. The van der Waals surface area contributed by atoms with Gasteiger partial charge in [0, 0.05) is 6.20 Å². The maximum atomic E-state index is 6.20. The molecule has 0 aliphatic rings. The molecule has 0 radical (unpaired) electrons. The number of rotatable bonds is 2. The number of benzene rings is 1. The summed E-state index contributed by atoms with van der Waals surface area (Å²) in [7, 11) is 0. The van der Waals surface area contributed by atoms with Crippen LogP contribution in [0, 0.1) is 20.8 Å². The fourth-order valence-corrected chi connectivity index (χ4v) is 1.92. The van der Waals surface area contributed by atoms with E-state index in [4.69, 9.17) is 5.73 Å². The summed E-state index contributed by atoms with van der Waals surface area (Å²) in [6.45, 7) is 6.06. The predicted octanol–water partition coefficient (Wildman–Crippen LogP) is 2.45. The maximum Gasteiger partial charge on any atom is 0.0799 e. The summed E-state index contributed by atoms with van der Waals surface area (Å²) in [6.07, 6.45) is 3.50. The molecule has 2 rings (SSSR count). The number of hydrogen-bond acceptors (Lipinski definition) is 3. The molecule has 1 aromatic carbocycles. The van der Waals surface area contributed by atoms with E-state index in [1.807, 2.05) is 6.92 Å². The van der Waals surface area contributed by atoms with Crippen molar-refractivity contribution in [1.29, 1.82) is 0 Å². The first-order valence-corrected chi connectivity index (χ1v) is 5.68. The Morgan fingerprint density at radius 2 is 1.59 bits per heavy atom. The average molecular weight is 227 g/mol. The third kappa shape index (κ3) is 2.68. The quantitative estimate of drug-likeness (QED) is 0.857. The zero-order chi connectivity index (χ0) is 12.4. The molecule has 88 valence electrons. The lowest BCUT2D eigenvalue weighted by atomic mass is 10.00. The van der Waals surface area contributed by atoms with Gasteiger partial charge in [-0.3, -0.25) is 9.97 Å². The van der Waals surface area contributed by atoms with Crippen LogP contribution in [0.25, 0.3) is 0 Å². The standard InChI is InChI=1S/C14H17N3/c1-9-4-10(2)6-12(5-9)14(15)13-8-16-11(3)7-17-13/h4-8,14H,15H2,1-3H3. The molecule has 0 aliphatic heterocycles. The SMILES string of the molecule is Cc1cc(C)cc(C(N)c2cnc(C)cn2)c1. The minimum atomic E-state index is -0.207. The van der Waals surface area contributed by atoms with E-state index < -0.39 is 0 Å². The summed E-state index contributed by atoms with van der Waals surface area (Å²) >= 11 is 0. The molecule has 1 aromatic heterocycles. The normalized spacial score (nSPS) is 12.5. The Kier molecular flexibility index (Phi) is 3.20. The van der Waals surface area contributed by atoms with Crippen molar-refractivity contribution in [1.82, 2.24) is 9.97 Å². The first-order valence-electron chi connectivity index (χ1n) is 5.68. The number of aryl methyl sites for hydroxylation is 3. The number of nitrogens with zero attached hydrogens (tertiary/aromatic N) is 2. The highest BCUT2D eigenvalue weighted by Gasteiger charge is 2.11. The van der Waals surface area contributed by atoms with Crippen LogP contribution in [-0.4, -0.2) is 9.97 Å². The molecule has 1 atom stereocenters. The van der Waals surface area contributed by atoms with Gasteiger partial charge in [-0.05, 0) is 26.3 Å². The average Bonchev–Trinajstić information content (AvgIpc) is 2.28. The highest BCUT2D eigenvalue weighted by Crippen LogP contribution is 2.19. The molecule has 2 N–H and O–H groups in total. The van der Waals surface area contributed by atoms with E-state index in [1.165, 1.54) is 11.1 Å². The van der Waals surface area contributed by atoms with Gasteiger partial charge in [0.15, 0.2) is 0 Å². The molecular formula is C14H17N3. The van der Waals surface area contributed by atoms with E-state index in [0.29, 0.717) is 0 Å². The topological polar surface area (TPSA) is 51.8 Å². The second-order valence-corrected chi connectivity index (χ2v) is 4.48. The summed E-state index contributed by atoms with van der Waals surface area (Å²) in [6, 6.07) is 6.12. The van der Waals surface area contributed by atoms with Crippen LogP contribution in [0.1, 0.15) is 34.1 Å². The van der Waals surface area contributed by atoms with Crippen LogP contribution >= 0.6 is 0 Å². The Balaban J connectivity index is 2.36. The predicted molar refractivity (Wildman–Crippen MR) is 68.7 cm³/mol. The molecule has 0 fully saturated rings. The van der Waals surface area contributed by atoms with Crippen molar-refractivity contribution in [3.05, 3.63) is 58.7 Å². The van der Waals surface area contributed by atoms with Gasteiger partial charge in [0.2, 0.25) is 0 Å². The summed E-state index contributed by atoms with van der Waals surface area (Å²) < 4.78 is 0. The Bertz CT molecular complexity index is 497. The van der Waals surface area contributed by atoms with Gasteiger partial charge in [-0.15, -0.1) is 0 Å². The second-order valence-electron chi connectivity index (χ2n) is 4.48. The van der Waals surface area contributed by atoms with Crippen LogP contribution in [0.3, 0.4) is 0 Å². The van der Waals surface area contributed by atoms with Crippen LogP contribution in [0.5, 0.6) is 0 Å². The molecule has 2 aromatic rings. The van der Waals surface area contributed by atoms with E-state index in [0.717, 1.165) is 17.0 Å². The van der Waals surface area contributed by atoms with Gasteiger partial charge in [0.25, 0.3) is 0 Å². The molecule has 3 nitrogen and oxygen atoms in total. The van der Waals surface area contributed by atoms with E-state index in [2.05, 4.69) is 42.0 Å². The summed E-state index contributed by atoms with van der Waals surface area (Å²) in [5.41, 5.74) is 11.4. The largest absolute Gasteiger partial charge is 0.319 e. The first kappa shape index (κ1) is 11.7. The zero-order valence-electron chi connectivity index (χ0n) is 10.4. The lowest BCUT2D eigenvalue weighted by molar-refractivity contribution is 0.811. The Labute approximate surface area is 102 Å². The lowest BCUT2D eigenvalue weighted by Gasteiger charge is -2.13. The fraction of sp³-hybridized carbons (Fsp3) is 0.286. The van der Waals surface area contributed by atoms with Crippen molar-refractivity contribution < 1.29 is 0 Å². The highest BCUT2D eigenvalue weighted by atomic mass is 14.8. The second kappa shape index (κ2) is 4.63. The Morgan fingerprint density at radius 3 is 2.12 bits per heavy atom. The van der Waals surface area contributed by atoms with Crippen LogP contribution in [-0.2, 0) is 0 Å².